The van der Waals surface area contributed by atoms with Crippen LogP contribution in [0.4, 0.5) is 0 Å². The van der Waals surface area contributed by atoms with Gasteiger partial charge in [0.05, 0.1) is 31.9 Å². The molecule has 1 radical (unpaired) electrons. The van der Waals surface area contributed by atoms with Gasteiger partial charge in [0.15, 0.2) is 6.29 Å². The molecular formula is C45H53N2O14. The Bertz CT molecular complexity index is 1940. The number of ether oxygens (including phenoxy) is 6. The average Bonchev–Trinajstić information content (AvgIpc) is 3.29. The summed E-state index contributed by atoms with van der Waals surface area (Å²) in [5, 5.41) is 67.0. The molecule has 0 bridgehead atoms. The number of rotatable bonds is 19. The number of carbonyl (C=O) groups is 1. The van der Waals surface area contributed by atoms with Crippen LogP contribution in [-0.4, -0.2) is 130 Å². The zero-order valence-corrected chi connectivity index (χ0v) is 33.5. The third-order valence-electron chi connectivity index (χ3n) is 10.8. The van der Waals surface area contributed by atoms with Gasteiger partial charge in [-0.1, -0.05) is 91.9 Å². The number of aliphatic hydroxyl groups excluding tert-OH is 6. The number of hydrogen-bond donors (Lipinski definition) is 8. The molecule has 2 aliphatic rings. The number of hydrogen-bond acceptors (Lipinski definition) is 15. The van der Waals surface area contributed by atoms with E-state index in [2.05, 4.69) is 5.32 Å². The van der Waals surface area contributed by atoms with E-state index in [1.54, 1.807) is 36.4 Å². The van der Waals surface area contributed by atoms with E-state index in [0.29, 0.717) is 23.5 Å². The van der Waals surface area contributed by atoms with E-state index in [4.69, 9.17) is 34.2 Å². The van der Waals surface area contributed by atoms with E-state index in [1.165, 1.54) is 12.1 Å². The normalized spacial score (nSPS) is 27.9. The van der Waals surface area contributed by atoms with Crippen molar-refractivity contribution in [3.63, 3.8) is 0 Å². The van der Waals surface area contributed by atoms with Gasteiger partial charge in [-0.25, -0.2) is 0 Å². The predicted molar refractivity (Wildman–Crippen MR) is 217 cm³/mol. The van der Waals surface area contributed by atoms with E-state index >= 15 is 0 Å². The lowest BCUT2D eigenvalue weighted by molar-refractivity contribution is -0.357. The SMILES string of the molecule is CC(c1ccccc1)[C@H](N)C(=O)N[C@H]([C]=O)Cc1ccc(OC2OC(CO)C(OC3OC(CO)C(O)C(O)C3OCc3ccc(OCc4ccccc4)cc3)C(O)C2O)cc1. The Balaban J connectivity index is 1.04. The van der Waals surface area contributed by atoms with Crippen molar-refractivity contribution in [2.75, 3.05) is 13.2 Å². The third kappa shape index (κ3) is 11.8. The van der Waals surface area contributed by atoms with Crippen LogP contribution in [0.3, 0.4) is 0 Å². The Labute approximate surface area is 353 Å². The second-order valence-electron chi connectivity index (χ2n) is 15.1. The van der Waals surface area contributed by atoms with Crippen LogP contribution in [-0.2, 0) is 48.2 Å². The number of benzene rings is 4. The molecule has 2 heterocycles. The molecule has 2 saturated heterocycles. The summed E-state index contributed by atoms with van der Waals surface area (Å²) in [5.74, 6) is 0.0226. The van der Waals surface area contributed by atoms with Crippen LogP contribution < -0.4 is 20.5 Å². The maximum atomic E-state index is 12.9. The van der Waals surface area contributed by atoms with Crippen molar-refractivity contribution in [1.29, 1.82) is 0 Å². The fraction of sp³-hybridized carbons (Fsp3) is 0.422. The van der Waals surface area contributed by atoms with Gasteiger partial charge in [-0.05, 0) is 46.5 Å². The second kappa shape index (κ2) is 21.8. The van der Waals surface area contributed by atoms with Gasteiger partial charge in [0, 0.05) is 12.3 Å². The number of amides is 1. The molecule has 0 aromatic heterocycles. The molecule has 2 aliphatic heterocycles. The van der Waals surface area contributed by atoms with Crippen molar-refractivity contribution in [2.45, 2.75) is 106 Å². The Morgan fingerprint density at radius 1 is 0.705 bits per heavy atom. The van der Waals surface area contributed by atoms with Crippen molar-refractivity contribution in [2.24, 2.45) is 5.73 Å². The van der Waals surface area contributed by atoms with Crippen LogP contribution in [0, 0.1) is 0 Å². The highest BCUT2D eigenvalue weighted by atomic mass is 16.7. The fourth-order valence-electron chi connectivity index (χ4n) is 7.09. The first-order valence-electron chi connectivity index (χ1n) is 20.0. The third-order valence-corrected chi connectivity index (χ3v) is 10.8. The minimum Gasteiger partial charge on any atom is -0.489 e. The molecule has 13 atom stereocenters. The molecule has 0 saturated carbocycles. The van der Waals surface area contributed by atoms with Gasteiger partial charge in [0.2, 0.25) is 18.5 Å². The molecule has 16 heteroatoms. The lowest BCUT2D eigenvalue weighted by Crippen LogP contribution is -2.65. The minimum absolute atomic E-state index is 0.0736. The molecule has 16 nitrogen and oxygen atoms in total. The molecular weight excluding hydrogens is 792 g/mol. The van der Waals surface area contributed by atoms with E-state index in [1.807, 2.05) is 73.9 Å². The zero-order valence-electron chi connectivity index (χ0n) is 33.5. The summed E-state index contributed by atoms with van der Waals surface area (Å²) in [6, 6.07) is 30.5. The first-order chi connectivity index (χ1) is 29.5. The molecule has 0 aliphatic carbocycles. The molecule has 327 valence electrons. The van der Waals surface area contributed by atoms with Crippen LogP contribution in [0.25, 0.3) is 0 Å². The van der Waals surface area contributed by atoms with Crippen LogP contribution in [0.1, 0.15) is 35.1 Å². The Morgan fingerprint density at radius 2 is 1.28 bits per heavy atom. The molecule has 4 aromatic rings. The van der Waals surface area contributed by atoms with Crippen molar-refractivity contribution >= 4 is 12.2 Å². The Morgan fingerprint density at radius 3 is 1.92 bits per heavy atom. The Kier molecular flexibility index (Phi) is 16.3. The van der Waals surface area contributed by atoms with E-state index in [9.17, 15) is 40.2 Å². The summed E-state index contributed by atoms with van der Waals surface area (Å²) in [5.41, 5.74) is 9.41. The van der Waals surface area contributed by atoms with Crippen LogP contribution in [0.2, 0.25) is 0 Å². The second-order valence-corrected chi connectivity index (χ2v) is 15.1. The van der Waals surface area contributed by atoms with Crippen molar-refractivity contribution in [1.82, 2.24) is 5.32 Å². The van der Waals surface area contributed by atoms with Crippen molar-refractivity contribution in [3.05, 3.63) is 131 Å². The van der Waals surface area contributed by atoms with Crippen molar-refractivity contribution in [3.8, 4) is 11.5 Å². The number of carbonyl (C=O) groups excluding carboxylic acids is 2. The first-order valence-corrected chi connectivity index (χ1v) is 20.0. The van der Waals surface area contributed by atoms with E-state index in [0.717, 1.165) is 11.1 Å². The van der Waals surface area contributed by atoms with E-state index in [-0.39, 0.29) is 24.7 Å². The van der Waals surface area contributed by atoms with Gasteiger partial charge >= 0.3 is 0 Å². The highest BCUT2D eigenvalue weighted by molar-refractivity contribution is 5.85. The predicted octanol–water partition coefficient (Wildman–Crippen LogP) is 0.761. The summed E-state index contributed by atoms with van der Waals surface area (Å²) < 4.78 is 35.3. The van der Waals surface area contributed by atoms with Crippen LogP contribution in [0.15, 0.2) is 109 Å². The zero-order chi connectivity index (χ0) is 43.5. The van der Waals surface area contributed by atoms with E-state index < -0.39 is 92.6 Å². The molecule has 2 fully saturated rings. The first kappa shape index (κ1) is 45.7. The van der Waals surface area contributed by atoms with Crippen LogP contribution in [0.5, 0.6) is 11.5 Å². The number of nitrogens with two attached hydrogens (primary N) is 1. The molecule has 61 heavy (non-hydrogen) atoms. The maximum absolute atomic E-state index is 12.9. The average molecular weight is 846 g/mol. The van der Waals surface area contributed by atoms with Gasteiger partial charge in [0.1, 0.15) is 66.9 Å². The van der Waals surface area contributed by atoms with Gasteiger partial charge in [-0.15, -0.1) is 0 Å². The smallest absolute Gasteiger partial charge is 0.238 e. The van der Waals surface area contributed by atoms with Gasteiger partial charge in [0.25, 0.3) is 0 Å². The maximum Gasteiger partial charge on any atom is 0.238 e. The summed E-state index contributed by atoms with van der Waals surface area (Å²) in [6.45, 7) is 0.736. The summed E-state index contributed by atoms with van der Waals surface area (Å²) in [7, 11) is 0. The molecule has 6 rings (SSSR count). The lowest BCUT2D eigenvalue weighted by Gasteiger charge is -2.46. The summed E-state index contributed by atoms with van der Waals surface area (Å²) in [4.78, 5) is 24.7. The molecule has 1 amide bonds. The van der Waals surface area contributed by atoms with Gasteiger partial charge in [-0.2, -0.15) is 0 Å². The summed E-state index contributed by atoms with van der Waals surface area (Å²) >= 11 is 0. The highest BCUT2D eigenvalue weighted by Gasteiger charge is 2.52. The quantitative estimate of drug-likeness (QED) is 0.0649. The highest BCUT2D eigenvalue weighted by Crippen LogP contribution is 2.32. The fourth-order valence-corrected chi connectivity index (χ4v) is 7.09. The number of nitrogens with one attached hydrogen (secondary N) is 1. The Hall–Kier alpha value is -4.82. The molecule has 9 N–H and O–H groups in total. The van der Waals surface area contributed by atoms with Crippen molar-refractivity contribution < 1.29 is 68.6 Å². The number of aliphatic hydroxyl groups is 6. The minimum atomic E-state index is -1.73. The molecule has 4 aromatic carbocycles. The molecule has 11 unspecified atom stereocenters. The standard InChI is InChI=1S/C45H53N2O14/c1-26(30-10-6-3-7-11-30)36(46)43(55)47-31(21-48)20-27-12-18-33(19-13-27)58-44-40(54)39(53)41(35(23-50)60-44)61-45-42(38(52)37(51)34(22-49)59-45)57-25-29-14-16-32(17-15-29)56-24-28-8-4-2-5-9-28/h2-19,26,31,34-42,44-45,49-54H,20,22-25,46H2,1H3,(H,47,55)/t26?,31-,34?,35?,36-,37?,38?,39?,40?,41?,42?,44?,45?/m0/s1. The monoisotopic (exact) mass is 845 g/mol. The van der Waals surface area contributed by atoms with Crippen LogP contribution >= 0.6 is 0 Å². The summed E-state index contributed by atoms with van der Waals surface area (Å²) in [6.07, 6.45) is -13.1. The van der Waals surface area contributed by atoms with Gasteiger partial charge < -0.3 is 70.1 Å². The van der Waals surface area contributed by atoms with Gasteiger partial charge in [-0.3, -0.25) is 9.59 Å². The molecule has 0 spiro atoms. The largest absolute Gasteiger partial charge is 0.489 e. The topological polar surface area (TPSA) is 249 Å². The lowest BCUT2D eigenvalue weighted by atomic mass is 9.93.